The summed E-state index contributed by atoms with van der Waals surface area (Å²) in [6.45, 7) is 1.51. The Morgan fingerprint density at radius 1 is 1.23 bits per heavy atom. The Morgan fingerprint density at radius 2 is 2.00 bits per heavy atom. The van der Waals surface area contributed by atoms with Crippen LogP contribution in [0.4, 0.5) is 5.82 Å². The first kappa shape index (κ1) is 13.8. The van der Waals surface area contributed by atoms with E-state index < -0.39 is 5.41 Å². The van der Waals surface area contributed by atoms with Crippen molar-refractivity contribution in [1.29, 1.82) is 0 Å². The number of hydrogen-bond donors (Lipinski definition) is 1. The number of pyridine rings is 1. The fraction of sp³-hybridized carbons (Fsp3) is 0.400. The van der Waals surface area contributed by atoms with Gasteiger partial charge in [0, 0.05) is 24.0 Å². The van der Waals surface area contributed by atoms with Crippen molar-refractivity contribution >= 4 is 39.1 Å². The van der Waals surface area contributed by atoms with Crippen LogP contribution < -0.4 is 10.2 Å². The van der Waals surface area contributed by atoms with Gasteiger partial charge in [0.05, 0.1) is 17.1 Å². The molecule has 0 bridgehead atoms. The van der Waals surface area contributed by atoms with E-state index in [0.717, 1.165) is 28.9 Å². The van der Waals surface area contributed by atoms with Crippen molar-refractivity contribution in [2.24, 2.45) is 5.41 Å². The maximum absolute atomic E-state index is 12.1. The fourth-order valence-corrected chi connectivity index (χ4v) is 3.92. The minimum atomic E-state index is -0.492. The lowest BCUT2D eigenvalue weighted by molar-refractivity contribution is -0.129. The molecule has 22 heavy (non-hydrogen) atoms. The molecule has 2 aliphatic rings. The summed E-state index contributed by atoms with van der Waals surface area (Å²) in [5.74, 6) is 0.818. The number of carbonyl (C=O) groups is 2. The van der Waals surface area contributed by atoms with Gasteiger partial charge in [-0.3, -0.25) is 19.3 Å². The molecule has 4 rings (SSSR count). The molecule has 0 unspecified atom stereocenters. The summed E-state index contributed by atoms with van der Waals surface area (Å²) >= 11 is 3.54. The highest BCUT2D eigenvalue weighted by molar-refractivity contribution is 9.10. The Morgan fingerprint density at radius 3 is 2.68 bits per heavy atom. The molecule has 2 aromatic rings. The molecule has 0 saturated carbocycles. The topological polar surface area (TPSA) is 66.7 Å². The second-order valence-corrected chi connectivity index (χ2v) is 6.96. The number of carbonyl (C=O) groups excluding carboxylic acids is 2. The monoisotopic (exact) mass is 362 g/mol. The summed E-state index contributed by atoms with van der Waals surface area (Å²) < 4.78 is 3.05. The van der Waals surface area contributed by atoms with Crippen LogP contribution in [-0.4, -0.2) is 34.3 Å². The zero-order chi connectivity index (χ0) is 15.3. The van der Waals surface area contributed by atoms with Crippen molar-refractivity contribution in [3.63, 3.8) is 0 Å². The summed E-state index contributed by atoms with van der Waals surface area (Å²) in [7, 11) is 0. The van der Waals surface area contributed by atoms with Gasteiger partial charge in [-0.2, -0.15) is 0 Å². The molecule has 0 aliphatic carbocycles. The molecule has 7 heteroatoms. The van der Waals surface area contributed by atoms with Gasteiger partial charge in [-0.05, 0) is 25.0 Å². The first-order chi connectivity index (χ1) is 10.6. The first-order valence-corrected chi connectivity index (χ1v) is 8.08. The maximum Gasteiger partial charge on any atom is 0.233 e. The summed E-state index contributed by atoms with van der Waals surface area (Å²) in [5, 5.41) is 2.45. The van der Waals surface area contributed by atoms with Gasteiger partial charge in [-0.1, -0.05) is 15.9 Å². The summed E-state index contributed by atoms with van der Waals surface area (Å²) in [5.41, 5.74) is 0.534. The molecule has 6 nitrogen and oxygen atoms in total. The number of piperidine rings is 1. The van der Waals surface area contributed by atoms with Crippen LogP contribution in [0.1, 0.15) is 19.3 Å². The molecular formula is C15H15BrN4O2. The Labute approximate surface area is 135 Å². The average molecular weight is 363 g/mol. The molecule has 2 aromatic heterocycles. The number of anilines is 1. The summed E-state index contributed by atoms with van der Waals surface area (Å²) in [6.07, 6.45) is 5.36. The van der Waals surface area contributed by atoms with Crippen LogP contribution in [0.3, 0.4) is 0 Å². The standard InChI is InChI=1S/C15H15BrN4O2/c16-10-5-11-8-17-9-20(11)13(6-10)19-3-1-15(2-4-19)7-12(21)18-14(15)22/h5-6,8-9H,1-4,7H2,(H,18,21,22). The van der Waals surface area contributed by atoms with Crippen LogP contribution in [0.25, 0.3) is 5.52 Å². The molecule has 0 atom stereocenters. The molecule has 114 valence electrons. The van der Waals surface area contributed by atoms with Gasteiger partial charge < -0.3 is 4.90 Å². The number of nitrogens with one attached hydrogen (secondary N) is 1. The zero-order valence-electron chi connectivity index (χ0n) is 11.9. The Bertz CT molecular complexity index is 777. The number of nitrogens with zero attached hydrogens (tertiary/aromatic N) is 3. The van der Waals surface area contributed by atoms with E-state index in [1.54, 1.807) is 6.33 Å². The van der Waals surface area contributed by atoms with Crippen LogP contribution in [0.15, 0.2) is 29.1 Å². The van der Waals surface area contributed by atoms with Crippen molar-refractivity contribution in [1.82, 2.24) is 14.7 Å². The van der Waals surface area contributed by atoms with Crippen molar-refractivity contribution in [3.05, 3.63) is 29.1 Å². The minimum absolute atomic E-state index is 0.0980. The molecule has 0 aromatic carbocycles. The Kier molecular flexibility index (Phi) is 3.00. The quantitative estimate of drug-likeness (QED) is 0.784. The third-order valence-corrected chi connectivity index (χ3v) is 5.20. The molecule has 2 amide bonds. The average Bonchev–Trinajstić information content (AvgIpc) is 3.04. The Balaban J connectivity index is 1.62. The lowest BCUT2D eigenvalue weighted by Gasteiger charge is -2.38. The van der Waals surface area contributed by atoms with Crippen LogP contribution in [0.2, 0.25) is 0 Å². The molecule has 2 saturated heterocycles. The fourth-order valence-electron chi connectivity index (χ4n) is 3.48. The lowest BCUT2D eigenvalue weighted by Crippen LogP contribution is -2.44. The molecule has 1 spiro atoms. The second-order valence-electron chi connectivity index (χ2n) is 6.04. The van der Waals surface area contributed by atoms with E-state index in [9.17, 15) is 9.59 Å². The number of halogens is 1. The van der Waals surface area contributed by atoms with Gasteiger partial charge in [0.25, 0.3) is 0 Å². The SMILES string of the molecule is O=C1CC2(CCN(c3cc(Br)cc4cncn34)CC2)C(=O)N1. The number of amides is 2. The van der Waals surface area contributed by atoms with Gasteiger partial charge >= 0.3 is 0 Å². The number of imide groups is 1. The van der Waals surface area contributed by atoms with Gasteiger partial charge in [0.2, 0.25) is 11.8 Å². The van der Waals surface area contributed by atoms with Gasteiger partial charge in [-0.25, -0.2) is 4.98 Å². The van der Waals surface area contributed by atoms with Crippen LogP contribution in [-0.2, 0) is 9.59 Å². The highest BCUT2D eigenvalue weighted by atomic mass is 79.9. The Hall–Kier alpha value is -1.89. The molecular weight excluding hydrogens is 348 g/mol. The summed E-state index contributed by atoms with van der Waals surface area (Å²) in [6, 6.07) is 4.08. The molecule has 2 fully saturated rings. The van der Waals surface area contributed by atoms with Gasteiger partial charge in [0.15, 0.2) is 0 Å². The third kappa shape index (κ3) is 2.03. The van der Waals surface area contributed by atoms with Crippen molar-refractivity contribution in [2.45, 2.75) is 19.3 Å². The molecule has 1 N–H and O–H groups in total. The molecule has 2 aliphatic heterocycles. The smallest absolute Gasteiger partial charge is 0.233 e. The van der Waals surface area contributed by atoms with E-state index >= 15 is 0 Å². The van der Waals surface area contributed by atoms with E-state index in [2.05, 4.69) is 37.2 Å². The first-order valence-electron chi connectivity index (χ1n) is 7.28. The van der Waals surface area contributed by atoms with Crippen molar-refractivity contribution < 1.29 is 9.59 Å². The number of hydrogen-bond acceptors (Lipinski definition) is 4. The predicted octanol–water partition coefficient (Wildman–Crippen LogP) is 1.73. The summed E-state index contributed by atoms with van der Waals surface area (Å²) in [4.78, 5) is 30.0. The van der Waals surface area contributed by atoms with E-state index in [4.69, 9.17) is 0 Å². The van der Waals surface area contributed by atoms with E-state index in [1.807, 2.05) is 16.7 Å². The lowest BCUT2D eigenvalue weighted by atomic mass is 9.77. The van der Waals surface area contributed by atoms with Crippen molar-refractivity contribution in [3.8, 4) is 0 Å². The maximum atomic E-state index is 12.1. The number of fused-ring (bicyclic) bond motifs is 1. The molecule has 0 radical (unpaired) electrons. The minimum Gasteiger partial charge on any atom is -0.358 e. The largest absolute Gasteiger partial charge is 0.358 e. The van der Waals surface area contributed by atoms with E-state index in [-0.39, 0.29) is 11.8 Å². The zero-order valence-corrected chi connectivity index (χ0v) is 13.5. The number of rotatable bonds is 1. The van der Waals surface area contributed by atoms with Crippen LogP contribution in [0, 0.1) is 5.41 Å². The van der Waals surface area contributed by atoms with Gasteiger partial charge in [-0.15, -0.1) is 0 Å². The number of aromatic nitrogens is 2. The predicted molar refractivity (Wildman–Crippen MR) is 84.5 cm³/mol. The molecule has 4 heterocycles. The highest BCUT2D eigenvalue weighted by Crippen LogP contribution is 2.40. The number of imidazole rings is 1. The third-order valence-electron chi connectivity index (χ3n) is 4.74. The van der Waals surface area contributed by atoms with Crippen LogP contribution in [0.5, 0.6) is 0 Å². The van der Waals surface area contributed by atoms with E-state index in [1.165, 1.54) is 0 Å². The second kappa shape index (κ2) is 4.81. The van der Waals surface area contributed by atoms with E-state index in [0.29, 0.717) is 19.3 Å². The van der Waals surface area contributed by atoms with Crippen LogP contribution >= 0.6 is 15.9 Å². The normalized spacial score (nSPS) is 20.9. The van der Waals surface area contributed by atoms with Gasteiger partial charge in [0.1, 0.15) is 12.1 Å². The highest BCUT2D eigenvalue weighted by Gasteiger charge is 2.48. The van der Waals surface area contributed by atoms with Crippen molar-refractivity contribution in [2.75, 3.05) is 18.0 Å².